The summed E-state index contributed by atoms with van der Waals surface area (Å²) in [6, 6.07) is 4.87. The summed E-state index contributed by atoms with van der Waals surface area (Å²) in [5.41, 5.74) is -0.828. The van der Waals surface area contributed by atoms with Gasteiger partial charge in [0.05, 0.1) is 0 Å². The minimum atomic E-state index is -1.30. The molecule has 3 rings (SSSR count). The van der Waals surface area contributed by atoms with E-state index in [2.05, 4.69) is 17.6 Å². The highest BCUT2D eigenvalue weighted by atomic mass is 19.1. The van der Waals surface area contributed by atoms with Crippen LogP contribution in [0.25, 0.3) is 0 Å². The molecule has 2 aliphatic rings. The maximum atomic E-state index is 13.1. The van der Waals surface area contributed by atoms with Gasteiger partial charge in [-0.2, -0.15) is 0 Å². The van der Waals surface area contributed by atoms with E-state index in [9.17, 15) is 18.8 Å². The highest BCUT2D eigenvalue weighted by molar-refractivity contribution is 6.09. The van der Waals surface area contributed by atoms with Crippen LogP contribution in [0.1, 0.15) is 45.1 Å². The molecule has 0 bridgehead atoms. The Labute approximate surface area is 152 Å². The fourth-order valence-corrected chi connectivity index (χ4v) is 3.80. The van der Waals surface area contributed by atoms with Gasteiger partial charge in [-0.3, -0.25) is 14.5 Å². The molecule has 1 heterocycles. The van der Waals surface area contributed by atoms with Crippen molar-refractivity contribution in [3.8, 4) is 0 Å². The first-order valence-corrected chi connectivity index (χ1v) is 8.99. The molecule has 4 amide bonds. The van der Waals surface area contributed by atoms with E-state index in [1.54, 1.807) is 6.92 Å². The van der Waals surface area contributed by atoms with Crippen LogP contribution in [-0.4, -0.2) is 35.3 Å². The van der Waals surface area contributed by atoms with E-state index < -0.39 is 23.3 Å². The Bertz CT molecular complexity index is 721. The molecule has 26 heavy (non-hydrogen) atoms. The van der Waals surface area contributed by atoms with Gasteiger partial charge in [-0.05, 0) is 43.4 Å². The van der Waals surface area contributed by atoms with Crippen LogP contribution in [0.2, 0.25) is 0 Å². The number of nitrogens with zero attached hydrogens (tertiary/aromatic N) is 1. The quantitative estimate of drug-likeness (QED) is 0.808. The number of imide groups is 1. The van der Waals surface area contributed by atoms with Gasteiger partial charge in [-0.15, -0.1) is 0 Å². The lowest BCUT2D eigenvalue weighted by molar-refractivity contribution is -0.135. The zero-order valence-electron chi connectivity index (χ0n) is 15.0. The zero-order valence-corrected chi connectivity index (χ0v) is 15.0. The van der Waals surface area contributed by atoms with Crippen LogP contribution >= 0.6 is 0 Å². The van der Waals surface area contributed by atoms with Gasteiger partial charge in [0.1, 0.15) is 17.9 Å². The van der Waals surface area contributed by atoms with Crippen LogP contribution in [0, 0.1) is 11.7 Å². The molecule has 1 aliphatic heterocycles. The summed E-state index contributed by atoms with van der Waals surface area (Å²) >= 11 is 0. The maximum absolute atomic E-state index is 13.1. The van der Waals surface area contributed by atoms with Crippen molar-refractivity contribution >= 4 is 17.8 Å². The second-order valence-electron chi connectivity index (χ2n) is 7.49. The van der Waals surface area contributed by atoms with Crippen molar-refractivity contribution in [2.24, 2.45) is 5.92 Å². The second kappa shape index (κ2) is 7.05. The lowest BCUT2D eigenvalue weighted by atomic mass is 9.87. The number of carbonyl (C=O) groups excluding carboxylic acids is 3. The number of urea groups is 1. The van der Waals surface area contributed by atoms with Gasteiger partial charge in [0.25, 0.3) is 5.91 Å². The highest BCUT2D eigenvalue weighted by Crippen LogP contribution is 2.29. The average molecular weight is 361 g/mol. The van der Waals surface area contributed by atoms with Crippen LogP contribution in [0.4, 0.5) is 9.18 Å². The fraction of sp³-hybridized carbons (Fsp3) is 0.526. The summed E-state index contributed by atoms with van der Waals surface area (Å²) in [6.45, 7) is 3.40. The molecule has 7 heteroatoms. The Hall–Kier alpha value is -2.44. The van der Waals surface area contributed by atoms with Crippen molar-refractivity contribution in [3.63, 3.8) is 0 Å². The molecule has 0 aromatic heterocycles. The van der Waals surface area contributed by atoms with E-state index in [1.165, 1.54) is 24.3 Å². The van der Waals surface area contributed by atoms with Crippen molar-refractivity contribution < 1.29 is 18.8 Å². The van der Waals surface area contributed by atoms with Gasteiger partial charge in [0.2, 0.25) is 5.91 Å². The van der Waals surface area contributed by atoms with Gasteiger partial charge in [0, 0.05) is 6.04 Å². The van der Waals surface area contributed by atoms with Crippen molar-refractivity contribution in [2.75, 3.05) is 6.54 Å². The average Bonchev–Trinajstić information content (AvgIpc) is 2.79. The van der Waals surface area contributed by atoms with Crippen LogP contribution < -0.4 is 10.6 Å². The predicted octanol–water partition coefficient (Wildman–Crippen LogP) is 2.29. The number of hydrogen-bond acceptors (Lipinski definition) is 3. The number of nitrogens with one attached hydrogen (secondary N) is 2. The van der Waals surface area contributed by atoms with E-state index in [0.717, 1.165) is 30.6 Å². The molecule has 1 saturated carbocycles. The van der Waals surface area contributed by atoms with Gasteiger partial charge in [-0.1, -0.05) is 31.9 Å². The topological polar surface area (TPSA) is 78.5 Å². The largest absolute Gasteiger partial charge is 0.352 e. The van der Waals surface area contributed by atoms with Gasteiger partial charge >= 0.3 is 6.03 Å². The number of benzene rings is 1. The Morgan fingerprint density at radius 2 is 2.00 bits per heavy atom. The number of hydrogen-bond donors (Lipinski definition) is 2. The lowest BCUT2D eigenvalue weighted by Crippen LogP contribution is -2.46. The first-order valence-electron chi connectivity index (χ1n) is 8.99. The predicted molar refractivity (Wildman–Crippen MR) is 93.6 cm³/mol. The smallest absolute Gasteiger partial charge is 0.325 e. The third-order valence-corrected chi connectivity index (χ3v) is 5.30. The number of halogens is 1. The third kappa shape index (κ3) is 3.57. The van der Waals surface area contributed by atoms with E-state index in [1.807, 2.05) is 0 Å². The molecule has 2 fully saturated rings. The molecule has 1 aromatic carbocycles. The van der Waals surface area contributed by atoms with Crippen molar-refractivity contribution in [3.05, 3.63) is 35.6 Å². The number of amides is 4. The molecule has 0 radical (unpaired) electrons. The zero-order chi connectivity index (χ0) is 18.9. The summed E-state index contributed by atoms with van der Waals surface area (Å²) < 4.78 is 13.1. The van der Waals surface area contributed by atoms with Crippen LogP contribution in [0.3, 0.4) is 0 Å². The van der Waals surface area contributed by atoms with Crippen molar-refractivity contribution in [2.45, 2.75) is 51.1 Å². The Balaban J connectivity index is 1.67. The third-order valence-electron chi connectivity index (χ3n) is 5.30. The molecule has 2 N–H and O–H groups in total. The first kappa shape index (κ1) is 18.4. The van der Waals surface area contributed by atoms with Crippen LogP contribution in [-0.2, 0) is 15.1 Å². The normalized spacial score (nSPS) is 28.8. The standard InChI is InChI=1S/C19H24FN3O3/c1-12-4-3-5-15(10-12)21-16(24)11-23-17(25)19(2,22-18(23)26)13-6-8-14(20)9-7-13/h6-9,12,15H,3-5,10-11H2,1-2H3,(H,21,24)(H,22,26). The Morgan fingerprint density at radius 1 is 1.31 bits per heavy atom. The van der Waals surface area contributed by atoms with Crippen LogP contribution in [0.15, 0.2) is 24.3 Å². The van der Waals surface area contributed by atoms with Gasteiger partial charge in [-0.25, -0.2) is 9.18 Å². The lowest BCUT2D eigenvalue weighted by Gasteiger charge is -2.28. The van der Waals surface area contributed by atoms with Crippen LogP contribution in [0.5, 0.6) is 0 Å². The number of rotatable bonds is 4. The second-order valence-corrected chi connectivity index (χ2v) is 7.49. The SMILES string of the molecule is CC1CCCC(NC(=O)CN2C(=O)NC(C)(c3ccc(F)cc3)C2=O)C1. The molecule has 6 nitrogen and oxygen atoms in total. The number of carbonyl (C=O) groups is 3. The Kier molecular flexibility index (Phi) is 4.98. The molecule has 140 valence electrons. The molecular weight excluding hydrogens is 337 g/mol. The molecule has 0 spiro atoms. The molecule has 1 aromatic rings. The molecule has 1 saturated heterocycles. The molecule has 1 aliphatic carbocycles. The monoisotopic (exact) mass is 361 g/mol. The first-order chi connectivity index (χ1) is 12.3. The minimum absolute atomic E-state index is 0.0931. The van der Waals surface area contributed by atoms with E-state index in [-0.39, 0.29) is 18.5 Å². The Morgan fingerprint density at radius 3 is 2.65 bits per heavy atom. The van der Waals surface area contributed by atoms with E-state index in [4.69, 9.17) is 0 Å². The minimum Gasteiger partial charge on any atom is -0.352 e. The van der Waals surface area contributed by atoms with Gasteiger partial charge in [0.15, 0.2) is 0 Å². The highest BCUT2D eigenvalue weighted by Gasteiger charge is 2.49. The molecular formula is C19H24FN3O3. The fourth-order valence-electron chi connectivity index (χ4n) is 3.80. The van der Waals surface area contributed by atoms with E-state index >= 15 is 0 Å². The van der Waals surface area contributed by atoms with Gasteiger partial charge < -0.3 is 10.6 Å². The van der Waals surface area contributed by atoms with E-state index in [0.29, 0.717) is 11.5 Å². The summed E-state index contributed by atoms with van der Waals surface area (Å²) in [6.07, 6.45) is 4.07. The summed E-state index contributed by atoms with van der Waals surface area (Å²) in [4.78, 5) is 38.3. The summed E-state index contributed by atoms with van der Waals surface area (Å²) in [7, 11) is 0. The molecule has 3 unspecified atom stereocenters. The van der Waals surface area contributed by atoms with Crippen molar-refractivity contribution in [1.82, 2.24) is 15.5 Å². The molecule has 3 atom stereocenters. The van der Waals surface area contributed by atoms with Crippen molar-refractivity contribution in [1.29, 1.82) is 0 Å². The summed E-state index contributed by atoms with van der Waals surface area (Å²) in [5, 5.41) is 5.55. The summed E-state index contributed by atoms with van der Waals surface area (Å²) in [5.74, 6) is -0.711. The maximum Gasteiger partial charge on any atom is 0.325 e.